The van der Waals surface area contributed by atoms with Gasteiger partial charge in [0.05, 0.1) is 5.92 Å². The fourth-order valence-electron chi connectivity index (χ4n) is 7.30. The number of fused-ring (bicyclic) bond motifs is 1. The Hall–Kier alpha value is -2.48. The van der Waals surface area contributed by atoms with Crippen molar-refractivity contribution in [1.82, 2.24) is 14.7 Å². The monoisotopic (exact) mass is 609 g/mol. The van der Waals surface area contributed by atoms with Crippen LogP contribution in [-0.4, -0.2) is 83.0 Å². The SMILES string of the molecule is CC(C)(C)OC(=O)[C@H](Cc1ccc2c(c1)CCC2)N1CCN(C(=O)[C@@H]2CN(C3(C)CC3)C[C@H]2c2ccc(Cl)cc2F)CC1. The molecule has 2 aromatic carbocycles. The van der Waals surface area contributed by atoms with E-state index < -0.39 is 11.6 Å². The van der Waals surface area contributed by atoms with Crippen LogP contribution in [0.5, 0.6) is 0 Å². The Labute approximate surface area is 260 Å². The van der Waals surface area contributed by atoms with Gasteiger partial charge in [0.15, 0.2) is 0 Å². The van der Waals surface area contributed by atoms with E-state index in [1.54, 1.807) is 12.1 Å². The summed E-state index contributed by atoms with van der Waals surface area (Å²) in [6.07, 6.45) is 6.22. The molecule has 2 aliphatic carbocycles. The van der Waals surface area contributed by atoms with Crippen LogP contribution in [0.1, 0.15) is 75.1 Å². The molecule has 2 heterocycles. The number of piperazine rings is 1. The highest BCUT2D eigenvalue weighted by atomic mass is 35.5. The number of benzene rings is 2. The normalized spacial score (nSPS) is 24.6. The van der Waals surface area contributed by atoms with Gasteiger partial charge in [-0.1, -0.05) is 35.9 Å². The first-order chi connectivity index (χ1) is 20.4. The van der Waals surface area contributed by atoms with Gasteiger partial charge in [0.1, 0.15) is 17.5 Å². The Morgan fingerprint density at radius 3 is 2.42 bits per heavy atom. The van der Waals surface area contributed by atoms with Gasteiger partial charge in [-0.15, -0.1) is 0 Å². The molecule has 0 aromatic heterocycles. The average molecular weight is 610 g/mol. The number of amides is 1. The Morgan fingerprint density at radius 1 is 1.02 bits per heavy atom. The number of carbonyl (C=O) groups excluding carboxylic acids is 2. The molecule has 0 N–H and O–H groups in total. The van der Waals surface area contributed by atoms with Gasteiger partial charge in [-0.3, -0.25) is 19.4 Å². The second-order valence-electron chi connectivity index (χ2n) is 14.4. The fourth-order valence-corrected chi connectivity index (χ4v) is 7.46. The summed E-state index contributed by atoms with van der Waals surface area (Å²) in [5.74, 6) is -0.995. The molecule has 2 aromatic rings. The summed E-state index contributed by atoms with van der Waals surface area (Å²) in [6.45, 7) is 11.5. The lowest BCUT2D eigenvalue weighted by atomic mass is 9.87. The van der Waals surface area contributed by atoms with Crippen molar-refractivity contribution in [3.8, 4) is 0 Å². The topological polar surface area (TPSA) is 53.1 Å². The highest BCUT2D eigenvalue weighted by Gasteiger charge is 2.51. The largest absolute Gasteiger partial charge is 0.459 e. The second kappa shape index (κ2) is 11.8. The molecule has 6 nitrogen and oxygen atoms in total. The first kappa shape index (κ1) is 30.5. The van der Waals surface area contributed by atoms with Crippen LogP contribution in [0.15, 0.2) is 36.4 Å². The molecule has 1 amide bonds. The lowest BCUT2D eigenvalue weighted by Crippen LogP contribution is -2.56. The summed E-state index contributed by atoms with van der Waals surface area (Å²) in [6, 6.07) is 11.1. The number of halogens is 2. The molecule has 3 fully saturated rings. The number of esters is 1. The van der Waals surface area contributed by atoms with E-state index in [9.17, 15) is 9.59 Å². The minimum absolute atomic E-state index is 0.0817. The Morgan fingerprint density at radius 2 is 1.74 bits per heavy atom. The quantitative estimate of drug-likeness (QED) is 0.381. The Balaban J connectivity index is 1.17. The lowest BCUT2D eigenvalue weighted by molar-refractivity contribution is -0.162. The molecular formula is C35H45ClFN3O3. The van der Waals surface area contributed by atoms with Crippen LogP contribution in [-0.2, 0) is 33.6 Å². The van der Waals surface area contributed by atoms with Crippen LogP contribution in [0, 0.1) is 11.7 Å². The molecule has 1 saturated carbocycles. The van der Waals surface area contributed by atoms with E-state index >= 15 is 4.39 Å². The van der Waals surface area contributed by atoms with Crippen molar-refractivity contribution in [2.24, 2.45) is 5.92 Å². The third-order valence-corrected chi connectivity index (χ3v) is 10.3. The zero-order valence-electron chi connectivity index (χ0n) is 26.0. The van der Waals surface area contributed by atoms with Crippen molar-refractivity contribution < 1.29 is 18.7 Å². The minimum Gasteiger partial charge on any atom is -0.459 e. The first-order valence-corrected chi connectivity index (χ1v) is 16.3. The lowest BCUT2D eigenvalue weighted by Gasteiger charge is -2.40. The molecule has 0 bridgehead atoms. The number of carbonyl (C=O) groups is 2. The van der Waals surface area contributed by atoms with Gasteiger partial charge in [-0.05, 0) is 101 Å². The summed E-state index contributed by atoms with van der Waals surface area (Å²) in [5.41, 5.74) is 4.07. The first-order valence-electron chi connectivity index (χ1n) is 16.0. The number of likely N-dealkylation sites (tertiary alicyclic amines) is 1. The second-order valence-corrected chi connectivity index (χ2v) is 14.8. The van der Waals surface area contributed by atoms with Gasteiger partial charge in [0.25, 0.3) is 0 Å². The van der Waals surface area contributed by atoms with Gasteiger partial charge < -0.3 is 9.64 Å². The number of ether oxygens (including phenoxy) is 1. The molecule has 8 heteroatoms. The summed E-state index contributed by atoms with van der Waals surface area (Å²) >= 11 is 6.06. The van der Waals surface area contributed by atoms with E-state index in [-0.39, 0.29) is 35.1 Å². The molecule has 2 saturated heterocycles. The van der Waals surface area contributed by atoms with E-state index in [1.807, 2.05) is 25.7 Å². The Kier molecular flexibility index (Phi) is 8.38. The molecule has 43 heavy (non-hydrogen) atoms. The van der Waals surface area contributed by atoms with E-state index in [4.69, 9.17) is 16.3 Å². The highest BCUT2D eigenvalue weighted by Crippen LogP contribution is 2.47. The van der Waals surface area contributed by atoms with Crippen LogP contribution in [0.2, 0.25) is 5.02 Å². The van der Waals surface area contributed by atoms with Crippen molar-refractivity contribution in [3.05, 3.63) is 69.5 Å². The highest BCUT2D eigenvalue weighted by molar-refractivity contribution is 6.30. The number of aryl methyl sites for hydroxylation is 2. The van der Waals surface area contributed by atoms with Gasteiger partial charge in [0, 0.05) is 55.7 Å². The summed E-state index contributed by atoms with van der Waals surface area (Å²) in [5, 5.41) is 0.365. The van der Waals surface area contributed by atoms with Gasteiger partial charge >= 0.3 is 5.97 Å². The number of rotatable bonds is 7. The molecule has 0 radical (unpaired) electrons. The maximum Gasteiger partial charge on any atom is 0.324 e. The maximum atomic E-state index is 15.1. The van der Waals surface area contributed by atoms with Crippen molar-refractivity contribution in [1.29, 1.82) is 0 Å². The molecule has 0 spiro atoms. The van der Waals surface area contributed by atoms with Gasteiger partial charge in [0.2, 0.25) is 5.91 Å². The zero-order valence-corrected chi connectivity index (χ0v) is 26.8. The van der Waals surface area contributed by atoms with E-state index in [0.29, 0.717) is 56.3 Å². The van der Waals surface area contributed by atoms with Crippen LogP contribution >= 0.6 is 11.6 Å². The zero-order chi connectivity index (χ0) is 30.5. The van der Waals surface area contributed by atoms with Crippen LogP contribution < -0.4 is 0 Å². The van der Waals surface area contributed by atoms with Crippen LogP contribution in [0.25, 0.3) is 0 Å². The predicted molar refractivity (Wildman–Crippen MR) is 167 cm³/mol. The fraction of sp³-hybridized carbons (Fsp3) is 0.600. The van der Waals surface area contributed by atoms with E-state index in [1.165, 1.54) is 23.6 Å². The molecule has 0 unspecified atom stereocenters. The summed E-state index contributed by atoms with van der Waals surface area (Å²) in [4.78, 5) is 34.1. The molecule has 2 aliphatic heterocycles. The third-order valence-electron chi connectivity index (χ3n) is 10.1. The number of nitrogens with zero attached hydrogens (tertiary/aromatic N) is 3. The number of hydrogen-bond acceptors (Lipinski definition) is 5. The average Bonchev–Trinajstić information content (AvgIpc) is 3.32. The smallest absolute Gasteiger partial charge is 0.324 e. The number of hydrogen-bond donors (Lipinski definition) is 0. The van der Waals surface area contributed by atoms with E-state index in [0.717, 1.165) is 31.2 Å². The third kappa shape index (κ3) is 6.64. The Bertz CT molecular complexity index is 1380. The van der Waals surface area contributed by atoms with Gasteiger partial charge in [-0.25, -0.2) is 4.39 Å². The van der Waals surface area contributed by atoms with Gasteiger partial charge in [-0.2, -0.15) is 0 Å². The summed E-state index contributed by atoms with van der Waals surface area (Å²) in [7, 11) is 0. The molecule has 4 aliphatic rings. The van der Waals surface area contributed by atoms with E-state index in [2.05, 4.69) is 34.9 Å². The van der Waals surface area contributed by atoms with Crippen LogP contribution in [0.4, 0.5) is 4.39 Å². The van der Waals surface area contributed by atoms with Crippen molar-refractivity contribution in [3.63, 3.8) is 0 Å². The molecule has 3 atom stereocenters. The maximum absolute atomic E-state index is 15.1. The standard InChI is InChI=1S/C35H45ClFN3O3/c1-34(2,3)43-33(42)31(19-23-8-9-24-6-5-7-25(24)18-23)38-14-16-39(17-15-38)32(41)29-22-40(35(4)12-13-35)21-28(29)27-11-10-26(36)20-30(27)37/h8-11,18,20,28-29,31H,5-7,12-17,19,21-22H2,1-4H3/t28-,29+,31-/m0/s1. The molecule has 6 rings (SSSR count). The van der Waals surface area contributed by atoms with Crippen LogP contribution in [0.3, 0.4) is 0 Å². The van der Waals surface area contributed by atoms with Crippen molar-refractivity contribution >= 4 is 23.5 Å². The predicted octanol–water partition coefficient (Wildman–Crippen LogP) is 5.63. The summed E-state index contributed by atoms with van der Waals surface area (Å²) < 4.78 is 21.0. The molecule has 232 valence electrons. The van der Waals surface area contributed by atoms with Crippen molar-refractivity contribution in [2.75, 3.05) is 39.3 Å². The minimum atomic E-state index is -0.580. The molecular weight excluding hydrogens is 565 g/mol. The van der Waals surface area contributed by atoms with Crippen molar-refractivity contribution in [2.45, 2.75) is 89.3 Å².